The number of nitrogens with one attached hydrogen (secondary N) is 2. The van der Waals surface area contributed by atoms with Crippen molar-refractivity contribution in [2.75, 3.05) is 86.6 Å². The summed E-state index contributed by atoms with van der Waals surface area (Å²) >= 11 is 6.34. The van der Waals surface area contributed by atoms with E-state index in [0.29, 0.717) is 81.9 Å². The van der Waals surface area contributed by atoms with Gasteiger partial charge >= 0.3 is 0 Å². The van der Waals surface area contributed by atoms with Crippen molar-refractivity contribution in [3.63, 3.8) is 0 Å². The van der Waals surface area contributed by atoms with Gasteiger partial charge in [-0.15, -0.1) is 43.1 Å². The molecule has 0 aliphatic heterocycles. The van der Waals surface area contributed by atoms with E-state index in [1.807, 2.05) is 50.6 Å². The van der Waals surface area contributed by atoms with Crippen LogP contribution in [0.4, 0.5) is 56.0 Å². The molecule has 0 aliphatic carbocycles. The minimum atomic E-state index is -4.28. The zero-order chi connectivity index (χ0) is 46.3. The van der Waals surface area contributed by atoms with Crippen molar-refractivity contribution < 1.29 is 31.9 Å². The number of aromatic nitrogens is 5. The van der Waals surface area contributed by atoms with Gasteiger partial charge in [0.25, 0.3) is 10.1 Å². The number of hydrogen-bond donors (Lipinski definition) is 3. The Morgan fingerprint density at radius 2 is 1.08 bits per heavy atom. The molecule has 2 aromatic carbocycles. The average molecular weight is 1000 g/mol. The van der Waals surface area contributed by atoms with Crippen LogP contribution in [0.1, 0.15) is 27.7 Å². The van der Waals surface area contributed by atoms with Crippen molar-refractivity contribution in [1.29, 1.82) is 0 Å². The molecule has 5 heterocycles. The minimum absolute atomic E-state index is 0.0470. The summed E-state index contributed by atoms with van der Waals surface area (Å²) in [5.41, 5.74) is 3.30. The van der Waals surface area contributed by atoms with Crippen molar-refractivity contribution in [2.24, 2.45) is 20.5 Å². The Bertz CT molecular complexity index is 2770. The Labute approximate surface area is 395 Å². The van der Waals surface area contributed by atoms with E-state index in [2.05, 4.69) is 59.6 Å². The molecule has 0 saturated carbocycles. The Morgan fingerprint density at radius 1 is 0.646 bits per heavy atom. The summed E-state index contributed by atoms with van der Waals surface area (Å²) in [5.74, 6) is 2.03. The van der Waals surface area contributed by atoms with Crippen LogP contribution in [-0.2, 0) is 10.1 Å². The van der Waals surface area contributed by atoms with Crippen molar-refractivity contribution in [3.8, 4) is 23.0 Å². The number of anilines is 6. The van der Waals surface area contributed by atoms with E-state index in [9.17, 15) is 13.0 Å². The van der Waals surface area contributed by atoms with Gasteiger partial charge in [-0.2, -0.15) is 32.1 Å². The molecule has 3 N–H and O–H groups in total. The maximum Gasteiger partial charge on any atom is 0.265 e. The van der Waals surface area contributed by atoms with Crippen LogP contribution in [-0.4, -0.2) is 103 Å². The van der Waals surface area contributed by atoms with Gasteiger partial charge in [-0.1, -0.05) is 11.8 Å². The molecule has 0 aliphatic rings. The summed E-state index contributed by atoms with van der Waals surface area (Å²) in [6, 6.07) is 7.31. The largest absolute Gasteiger partial charge is 0.495 e. The second kappa shape index (κ2) is 21.2. The maximum atomic E-state index is 11.7. The topological polar surface area (TPSA) is 236 Å². The number of fused-ring (bicyclic) bond motifs is 2. The number of rotatable bonds is 22. The summed E-state index contributed by atoms with van der Waals surface area (Å²) in [6.07, 6.45) is 0. The summed E-state index contributed by atoms with van der Waals surface area (Å²) in [4.78, 5) is 20.0. The van der Waals surface area contributed by atoms with E-state index < -0.39 is 15.9 Å². The lowest BCUT2D eigenvalue weighted by molar-refractivity contribution is 0.414. The molecule has 0 amide bonds. The highest BCUT2D eigenvalue weighted by atomic mass is 32.2. The number of benzene rings is 2. The van der Waals surface area contributed by atoms with Crippen LogP contribution in [0.15, 0.2) is 60.6 Å². The molecule has 65 heavy (non-hydrogen) atoms. The van der Waals surface area contributed by atoms with Crippen molar-refractivity contribution in [2.45, 2.75) is 32.9 Å². The number of methoxy groups -OCH3 is 4. The number of thioether (sulfide) groups is 1. The van der Waals surface area contributed by atoms with Crippen LogP contribution >= 0.6 is 57.5 Å². The van der Waals surface area contributed by atoms with Crippen LogP contribution < -0.4 is 39.4 Å². The number of thiophene rings is 2. The van der Waals surface area contributed by atoms with E-state index in [0.717, 1.165) is 43.6 Å². The summed E-state index contributed by atoms with van der Waals surface area (Å²) in [6.45, 7) is 10.9. The molecule has 0 saturated heterocycles. The maximum absolute atomic E-state index is 11.7. The molecule has 0 radical (unpaired) electrons. The van der Waals surface area contributed by atoms with E-state index in [-0.39, 0.29) is 22.8 Å². The van der Waals surface area contributed by atoms with Crippen molar-refractivity contribution in [3.05, 3.63) is 35.0 Å². The average Bonchev–Trinajstić information content (AvgIpc) is 4.10. The Kier molecular flexibility index (Phi) is 15.5. The molecule has 0 fully saturated rings. The van der Waals surface area contributed by atoms with E-state index in [1.165, 1.54) is 45.7 Å². The molecule has 0 unspecified atom stereocenters. The standard InChI is InChI=1S/C39H45N13O7S6/c1-9-51(10-2)25-15-21(23(17-27(25)56-5)45-47-33-31-29(58-7)19-61-35(31)49-63-33)40-37-42-38(44-39(43-37)60-13-14-65(53,54)55)41-22-16-26(52(11-3)12-4)28(57-6)18-24(22)46-48-34-32-30(59-8)20-62-36(32)50-64-34/h15-20H,9-14H2,1-8H3,(H,53,54,55)(H2,40,41,42,43,44)/b47-45+,48-46+. The van der Waals surface area contributed by atoms with Gasteiger partial charge in [-0.05, 0) is 62.9 Å². The lowest BCUT2D eigenvalue weighted by atomic mass is 10.2. The highest BCUT2D eigenvalue weighted by Gasteiger charge is 2.22. The van der Waals surface area contributed by atoms with Gasteiger partial charge in [-0.25, -0.2) is 0 Å². The summed E-state index contributed by atoms with van der Waals surface area (Å²) in [5, 5.41) is 31.8. The van der Waals surface area contributed by atoms with Gasteiger partial charge in [0.15, 0.2) is 15.2 Å². The Morgan fingerprint density at radius 3 is 1.46 bits per heavy atom. The third-order valence-corrected chi connectivity index (χ3v) is 15.0. The fourth-order valence-corrected chi connectivity index (χ4v) is 11.6. The SMILES string of the molecule is CCN(CC)c1cc(Nc2nc(Nc3cc(N(CC)CC)c(OC)cc3/N=N/c3snc4scc(OC)c34)nc(SCCS(=O)(=O)O)n2)c(/N=N/c2snc3scc(OC)c23)cc1OC. The first-order chi connectivity index (χ1) is 31.4. The first kappa shape index (κ1) is 47.5. The molecule has 7 rings (SSSR count). The third kappa shape index (κ3) is 10.8. The molecule has 20 nitrogen and oxygen atoms in total. The predicted molar refractivity (Wildman–Crippen MR) is 263 cm³/mol. The van der Waals surface area contributed by atoms with E-state index >= 15 is 0 Å². The number of hydrogen-bond acceptors (Lipinski definition) is 24. The summed E-state index contributed by atoms with van der Waals surface area (Å²) < 4.78 is 64.9. The third-order valence-electron chi connectivity index (χ3n) is 9.75. The lowest BCUT2D eigenvalue weighted by Gasteiger charge is -2.25. The zero-order valence-electron chi connectivity index (χ0n) is 36.5. The molecule has 0 bridgehead atoms. The number of azo groups is 2. The molecular formula is C39H45N13O7S6. The van der Waals surface area contributed by atoms with Crippen LogP contribution in [0.3, 0.4) is 0 Å². The highest BCUT2D eigenvalue weighted by Crippen LogP contribution is 2.46. The van der Waals surface area contributed by atoms with Crippen LogP contribution in [0.2, 0.25) is 0 Å². The minimum Gasteiger partial charge on any atom is -0.495 e. The molecule has 344 valence electrons. The van der Waals surface area contributed by atoms with Crippen LogP contribution in [0, 0.1) is 0 Å². The van der Waals surface area contributed by atoms with Gasteiger partial charge in [0.05, 0.1) is 67.7 Å². The van der Waals surface area contributed by atoms with Gasteiger partial charge < -0.3 is 39.4 Å². The number of ether oxygens (including phenoxy) is 4. The smallest absolute Gasteiger partial charge is 0.265 e. The van der Waals surface area contributed by atoms with Gasteiger partial charge in [0.1, 0.15) is 44.0 Å². The zero-order valence-corrected chi connectivity index (χ0v) is 41.4. The predicted octanol–water partition coefficient (Wildman–Crippen LogP) is 11.2. The molecule has 5 aromatic heterocycles. The van der Waals surface area contributed by atoms with E-state index in [4.69, 9.17) is 23.9 Å². The van der Waals surface area contributed by atoms with Crippen LogP contribution in [0.5, 0.6) is 23.0 Å². The van der Waals surface area contributed by atoms with Crippen molar-refractivity contribution in [1.82, 2.24) is 23.7 Å². The fourth-order valence-electron chi connectivity index (χ4n) is 6.53. The second-order valence-electron chi connectivity index (χ2n) is 13.4. The quantitative estimate of drug-likeness (QED) is 0.0325. The van der Waals surface area contributed by atoms with Gasteiger partial charge in [-0.3, -0.25) is 4.55 Å². The number of nitrogens with zero attached hydrogens (tertiary/aromatic N) is 11. The normalized spacial score (nSPS) is 11.9. The Hall–Kier alpha value is -5.51. The monoisotopic (exact) mass is 999 g/mol. The van der Waals surface area contributed by atoms with Crippen molar-refractivity contribution >= 4 is 144 Å². The highest BCUT2D eigenvalue weighted by molar-refractivity contribution is 8.00. The second-order valence-corrected chi connectivity index (χ2v) is 19.3. The van der Waals surface area contributed by atoms with Crippen LogP contribution in [0.25, 0.3) is 20.4 Å². The molecule has 0 atom stereocenters. The molecule has 26 heteroatoms. The molecule has 0 spiro atoms. The lowest BCUT2D eigenvalue weighted by Crippen LogP contribution is -2.22. The molecular weight excluding hydrogens is 955 g/mol. The molecule has 7 aromatic rings. The summed E-state index contributed by atoms with van der Waals surface area (Å²) in [7, 11) is 2.10. The Balaban J connectivity index is 1.34. The van der Waals surface area contributed by atoms with Gasteiger partial charge in [0, 0.05) is 54.8 Å². The first-order valence-electron chi connectivity index (χ1n) is 19.9. The van der Waals surface area contributed by atoms with Gasteiger partial charge in [0.2, 0.25) is 11.9 Å². The first-order valence-corrected chi connectivity index (χ1v) is 25.8. The fraction of sp³-hybridized carbons (Fsp3) is 0.359. The van der Waals surface area contributed by atoms with E-state index in [1.54, 1.807) is 40.6 Å².